The lowest BCUT2D eigenvalue weighted by atomic mass is 10.1. The van der Waals surface area contributed by atoms with Crippen LogP contribution in [-0.2, 0) is 11.8 Å². The molecule has 0 unspecified atom stereocenters. The van der Waals surface area contributed by atoms with Crippen LogP contribution in [0.1, 0.15) is 0 Å². The van der Waals surface area contributed by atoms with E-state index in [1.165, 1.54) is 4.68 Å². The van der Waals surface area contributed by atoms with Crippen LogP contribution in [0.2, 0.25) is 10.0 Å². The highest BCUT2D eigenvalue weighted by atomic mass is 35.5. The van der Waals surface area contributed by atoms with Crippen molar-refractivity contribution in [2.24, 2.45) is 7.05 Å². The van der Waals surface area contributed by atoms with Gasteiger partial charge in [0.25, 0.3) is 5.56 Å². The summed E-state index contributed by atoms with van der Waals surface area (Å²) in [6.07, 6.45) is 3.60. The molecule has 0 amide bonds. The average molecular weight is 456 g/mol. The van der Waals surface area contributed by atoms with Gasteiger partial charge >= 0.3 is 0 Å². The zero-order valence-corrected chi connectivity index (χ0v) is 18.3. The SMILES string of the molecule is Cn1c(=O)c2ccc(-c3cnc(N4CCOCC4)nc3)cc2n1-c1cc(Cl)ccc1Cl. The molecule has 9 heteroatoms. The number of benzene rings is 2. The summed E-state index contributed by atoms with van der Waals surface area (Å²) in [5.74, 6) is 0.690. The number of hydrogen-bond acceptors (Lipinski definition) is 5. The van der Waals surface area contributed by atoms with Crippen LogP contribution >= 0.6 is 23.2 Å². The molecular weight excluding hydrogens is 437 g/mol. The summed E-state index contributed by atoms with van der Waals surface area (Å²) in [6, 6.07) is 10.9. The maximum atomic E-state index is 12.8. The Kier molecular flexibility index (Phi) is 5.17. The number of fused-ring (bicyclic) bond motifs is 1. The van der Waals surface area contributed by atoms with E-state index in [2.05, 4.69) is 14.9 Å². The van der Waals surface area contributed by atoms with Crippen molar-refractivity contribution in [2.45, 2.75) is 0 Å². The number of anilines is 1. The molecular formula is C22H19Cl2N5O2. The molecule has 1 fully saturated rings. The van der Waals surface area contributed by atoms with E-state index in [1.807, 2.05) is 18.2 Å². The van der Waals surface area contributed by atoms with Gasteiger partial charge in [-0.25, -0.2) is 19.3 Å². The topological polar surface area (TPSA) is 65.2 Å². The number of rotatable bonds is 3. The second kappa shape index (κ2) is 8.00. The van der Waals surface area contributed by atoms with Gasteiger partial charge in [0, 0.05) is 43.1 Å². The summed E-state index contributed by atoms with van der Waals surface area (Å²) >= 11 is 12.6. The van der Waals surface area contributed by atoms with Gasteiger partial charge in [-0.15, -0.1) is 0 Å². The maximum absolute atomic E-state index is 12.8. The van der Waals surface area contributed by atoms with E-state index in [9.17, 15) is 4.79 Å². The summed E-state index contributed by atoms with van der Waals surface area (Å²) in [6.45, 7) is 2.92. The molecule has 0 aliphatic carbocycles. The lowest BCUT2D eigenvalue weighted by Crippen LogP contribution is -2.37. The van der Waals surface area contributed by atoms with Crippen LogP contribution in [0.4, 0.5) is 5.95 Å². The van der Waals surface area contributed by atoms with E-state index in [0.717, 1.165) is 29.7 Å². The molecule has 0 radical (unpaired) electrons. The molecule has 1 aliphatic rings. The summed E-state index contributed by atoms with van der Waals surface area (Å²) in [7, 11) is 1.71. The van der Waals surface area contributed by atoms with Crippen LogP contribution < -0.4 is 10.5 Å². The van der Waals surface area contributed by atoms with E-state index >= 15 is 0 Å². The predicted molar refractivity (Wildman–Crippen MR) is 123 cm³/mol. The van der Waals surface area contributed by atoms with Crippen LogP contribution in [0.15, 0.2) is 53.6 Å². The largest absolute Gasteiger partial charge is 0.378 e. The van der Waals surface area contributed by atoms with Gasteiger partial charge < -0.3 is 9.64 Å². The van der Waals surface area contributed by atoms with Gasteiger partial charge in [0.15, 0.2) is 0 Å². The average Bonchev–Trinajstić information content (AvgIpc) is 3.05. The molecule has 1 aliphatic heterocycles. The molecule has 2 aromatic heterocycles. The molecule has 0 bridgehead atoms. The lowest BCUT2D eigenvalue weighted by molar-refractivity contribution is 0.122. The van der Waals surface area contributed by atoms with Crippen molar-refractivity contribution < 1.29 is 4.74 Å². The number of nitrogens with zero attached hydrogens (tertiary/aromatic N) is 5. The Balaban J connectivity index is 1.60. The zero-order valence-electron chi connectivity index (χ0n) is 16.8. The molecule has 1 saturated heterocycles. The maximum Gasteiger partial charge on any atom is 0.274 e. The predicted octanol–water partition coefficient (Wildman–Crippen LogP) is 3.93. The molecule has 0 spiro atoms. The fourth-order valence-corrected chi connectivity index (χ4v) is 4.19. The Labute approximate surface area is 188 Å². The minimum Gasteiger partial charge on any atom is -0.378 e. The third-order valence-electron chi connectivity index (χ3n) is 5.45. The Morgan fingerprint density at radius 2 is 1.71 bits per heavy atom. The summed E-state index contributed by atoms with van der Waals surface area (Å²) in [5.41, 5.74) is 3.01. The molecule has 5 rings (SSSR count). The van der Waals surface area contributed by atoms with Gasteiger partial charge in [-0.1, -0.05) is 29.3 Å². The smallest absolute Gasteiger partial charge is 0.274 e. The second-order valence-electron chi connectivity index (χ2n) is 7.34. The number of halogens is 2. The molecule has 0 N–H and O–H groups in total. The van der Waals surface area contributed by atoms with Gasteiger partial charge in [0.2, 0.25) is 5.95 Å². The van der Waals surface area contributed by atoms with E-state index in [1.54, 1.807) is 42.3 Å². The Morgan fingerprint density at radius 1 is 0.968 bits per heavy atom. The van der Waals surface area contributed by atoms with E-state index in [4.69, 9.17) is 27.9 Å². The molecule has 7 nitrogen and oxygen atoms in total. The number of ether oxygens (including phenoxy) is 1. The monoisotopic (exact) mass is 455 g/mol. The van der Waals surface area contributed by atoms with Crippen molar-refractivity contribution in [2.75, 3.05) is 31.2 Å². The van der Waals surface area contributed by atoms with Crippen LogP contribution in [-0.4, -0.2) is 45.6 Å². The minimum atomic E-state index is -0.114. The van der Waals surface area contributed by atoms with Gasteiger partial charge in [-0.3, -0.25) is 4.79 Å². The second-order valence-corrected chi connectivity index (χ2v) is 8.18. The molecule has 158 valence electrons. The van der Waals surface area contributed by atoms with Crippen molar-refractivity contribution >= 4 is 40.1 Å². The van der Waals surface area contributed by atoms with Crippen LogP contribution in [0.25, 0.3) is 27.7 Å². The Bertz CT molecular complexity index is 1320. The number of hydrogen-bond donors (Lipinski definition) is 0. The third-order valence-corrected chi connectivity index (χ3v) is 6.01. The van der Waals surface area contributed by atoms with E-state index < -0.39 is 0 Å². The molecule has 2 aromatic carbocycles. The van der Waals surface area contributed by atoms with Crippen molar-refractivity contribution in [3.8, 4) is 16.8 Å². The Hall–Kier alpha value is -2.87. The molecule has 0 atom stereocenters. The lowest BCUT2D eigenvalue weighted by Gasteiger charge is -2.26. The van der Waals surface area contributed by atoms with Crippen molar-refractivity contribution in [1.82, 2.24) is 19.3 Å². The number of morpholine rings is 1. The van der Waals surface area contributed by atoms with Gasteiger partial charge in [0.05, 0.1) is 34.8 Å². The highest BCUT2D eigenvalue weighted by Crippen LogP contribution is 2.29. The first kappa shape index (κ1) is 20.1. The zero-order chi connectivity index (χ0) is 21.5. The molecule has 3 heterocycles. The first-order valence-electron chi connectivity index (χ1n) is 9.85. The first-order valence-corrected chi connectivity index (χ1v) is 10.6. The molecule has 4 aromatic rings. The fraction of sp³-hybridized carbons (Fsp3) is 0.227. The quantitative estimate of drug-likeness (QED) is 0.468. The fourth-order valence-electron chi connectivity index (χ4n) is 3.83. The van der Waals surface area contributed by atoms with Gasteiger partial charge in [-0.2, -0.15) is 0 Å². The molecule has 31 heavy (non-hydrogen) atoms. The summed E-state index contributed by atoms with van der Waals surface area (Å²) in [4.78, 5) is 24.0. The third kappa shape index (κ3) is 3.59. The van der Waals surface area contributed by atoms with Crippen molar-refractivity contribution in [3.05, 3.63) is 69.2 Å². The Morgan fingerprint density at radius 3 is 2.45 bits per heavy atom. The van der Waals surface area contributed by atoms with Gasteiger partial charge in [-0.05, 0) is 35.9 Å². The normalized spacial score (nSPS) is 14.4. The highest BCUT2D eigenvalue weighted by Gasteiger charge is 2.17. The summed E-state index contributed by atoms with van der Waals surface area (Å²) < 4.78 is 8.69. The van der Waals surface area contributed by atoms with Crippen LogP contribution in [0.3, 0.4) is 0 Å². The van der Waals surface area contributed by atoms with E-state index in [-0.39, 0.29) is 5.56 Å². The molecule has 0 saturated carbocycles. The van der Waals surface area contributed by atoms with Crippen molar-refractivity contribution in [1.29, 1.82) is 0 Å². The highest BCUT2D eigenvalue weighted by molar-refractivity contribution is 6.34. The number of aromatic nitrogens is 4. The van der Waals surface area contributed by atoms with Crippen LogP contribution in [0.5, 0.6) is 0 Å². The van der Waals surface area contributed by atoms with Gasteiger partial charge in [0.1, 0.15) is 0 Å². The van der Waals surface area contributed by atoms with Crippen molar-refractivity contribution in [3.63, 3.8) is 0 Å². The van der Waals surface area contributed by atoms with E-state index in [0.29, 0.717) is 40.3 Å². The minimum absolute atomic E-state index is 0.114. The standard InChI is InChI=1S/C22H19Cl2N5O2/c1-27-21(30)17-4-2-14(10-19(17)29(27)20-11-16(23)3-5-18(20)24)15-12-25-22(26-13-15)28-6-8-31-9-7-28/h2-5,10-13H,6-9H2,1H3. The first-order chi connectivity index (χ1) is 15.0. The van der Waals surface area contributed by atoms with Crippen LogP contribution in [0, 0.1) is 0 Å². The summed E-state index contributed by atoms with van der Waals surface area (Å²) in [5, 5.41) is 1.63.